The smallest absolute Gasteiger partial charge is 0.289 e. The highest BCUT2D eigenvalue weighted by molar-refractivity contribution is 5.90. The Bertz CT molecular complexity index is 654. The third-order valence-corrected chi connectivity index (χ3v) is 2.85. The average molecular weight is 280 g/mol. The number of halogens is 2. The summed E-state index contributed by atoms with van der Waals surface area (Å²) in [6.45, 7) is 3.28. The quantitative estimate of drug-likeness (QED) is 0.934. The number of hydrogen-bond acceptors (Lipinski definition) is 3. The number of nitrogens with one attached hydrogen (secondary N) is 1. The molecule has 0 saturated carbocycles. The van der Waals surface area contributed by atoms with E-state index in [9.17, 15) is 13.6 Å². The molecule has 5 nitrogen and oxygen atoms in total. The molecule has 0 bridgehead atoms. The van der Waals surface area contributed by atoms with Gasteiger partial charge in [0.05, 0.1) is 6.04 Å². The Balaban J connectivity index is 2.17. The highest BCUT2D eigenvalue weighted by Crippen LogP contribution is 2.18. The van der Waals surface area contributed by atoms with Crippen molar-refractivity contribution in [3.8, 4) is 0 Å². The van der Waals surface area contributed by atoms with Crippen molar-refractivity contribution >= 4 is 5.91 Å². The summed E-state index contributed by atoms with van der Waals surface area (Å²) in [5, 5.41) is 6.56. The van der Waals surface area contributed by atoms with E-state index in [0.717, 1.165) is 12.1 Å². The SMILES string of the molecule is Cc1nc(C(=O)N[C@H](C)c2ccc(F)cc2F)n(C)n1. The molecular weight excluding hydrogens is 266 g/mol. The van der Waals surface area contributed by atoms with Crippen LogP contribution in [-0.2, 0) is 7.05 Å². The van der Waals surface area contributed by atoms with E-state index in [2.05, 4.69) is 15.4 Å². The first-order valence-corrected chi connectivity index (χ1v) is 6.02. The Labute approximate surface area is 114 Å². The first-order valence-electron chi connectivity index (χ1n) is 6.02. The van der Waals surface area contributed by atoms with Crippen molar-refractivity contribution in [2.75, 3.05) is 0 Å². The Kier molecular flexibility index (Phi) is 3.78. The Morgan fingerprint density at radius 3 is 2.65 bits per heavy atom. The molecule has 0 aliphatic carbocycles. The van der Waals surface area contributed by atoms with Gasteiger partial charge in [0.15, 0.2) is 0 Å². The molecular formula is C13H14F2N4O. The van der Waals surface area contributed by atoms with Crippen LogP contribution in [0.25, 0.3) is 0 Å². The van der Waals surface area contributed by atoms with Crippen LogP contribution < -0.4 is 5.32 Å². The van der Waals surface area contributed by atoms with Crippen molar-refractivity contribution in [2.45, 2.75) is 19.9 Å². The van der Waals surface area contributed by atoms with Crippen molar-refractivity contribution in [3.63, 3.8) is 0 Å². The lowest BCUT2D eigenvalue weighted by Gasteiger charge is -2.14. The second-order valence-electron chi connectivity index (χ2n) is 4.47. The van der Waals surface area contributed by atoms with Crippen LogP contribution in [0.5, 0.6) is 0 Å². The first kappa shape index (κ1) is 14.1. The number of carbonyl (C=O) groups is 1. The predicted molar refractivity (Wildman–Crippen MR) is 68.0 cm³/mol. The first-order chi connectivity index (χ1) is 9.38. The molecule has 0 radical (unpaired) electrons. The van der Waals surface area contributed by atoms with Gasteiger partial charge in [0.25, 0.3) is 5.91 Å². The monoisotopic (exact) mass is 280 g/mol. The molecule has 1 N–H and O–H groups in total. The largest absolute Gasteiger partial charge is 0.343 e. The molecule has 1 heterocycles. The van der Waals surface area contributed by atoms with Gasteiger partial charge in [0.1, 0.15) is 17.5 Å². The fourth-order valence-corrected chi connectivity index (χ4v) is 1.90. The van der Waals surface area contributed by atoms with Crippen molar-refractivity contribution < 1.29 is 13.6 Å². The minimum absolute atomic E-state index is 0.136. The van der Waals surface area contributed by atoms with Crippen LogP contribution in [0.1, 0.15) is 35.0 Å². The molecule has 0 aliphatic heterocycles. The summed E-state index contributed by atoms with van der Waals surface area (Å²) in [4.78, 5) is 16.0. The lowest BCUT2D eigenvalue weighted by Crippen LogP contribution is -2.29. The fourth-order valence-electron chi connectivity index (χ4n) is 1.90. The standard InChI is InChI=1S/C13H14F2N4O/c1-7(10-5-4-9(14)6-11(10)15)16-13(20)12-17-8(2)18-19(12)3/h4-7H,1-3H3,(H,16,20)/t7-/m1/s1. The summed E-state index contributed by atoms with van der Waals surface area (Å²) < 4.78 is 27.8. The van der Waals surface area contributed by atoms with Gasteiger partial charge in [0.2, 0.25) is 5.82 Å². The normalized spacial score (nSPS) is 12.2. The van der Waals surface area contributed by atoms with Crippen LogP contribution in [0.3, 0.4) is 0 Å². The molecule has 0 unspecified atom stereocenters. The Hall–Kier alpha value is -2.31. The third-order valence-electron chi connectivity index (χ3n) is 2.85. The number of benzene rings is 1. The van der Waals surface area contributed by atoms with Crippen molar-refractivity contribution in [1.29, 1.82) is 0 Å². The summed E-state index contributed by atoms with van der Waals surface area (Å²) >= 11 is 0. The number of aryl methyl sites for hydroxylation is 2. The topological polar surface area (TPSA) is 59.8 Å². The molecule has 0 fully saturated rings. The molecule has 20 heavy (non-hydrogen) atoms. The van der Waals surface area contributed by atoms with E-state index in [1.54, 1.807) is 20.9 Å². The Morgan fingerprint density at radius 1 is 1.40 bits per heavy atom. The van der Waals surface area contributed by atoms with Crippen molar-refractivity contribution in [1.82, 2.24) is 20.1 Å². The molecule has 1 aromatic carbocycles. The molecule has 0 saturated heterocycles. The minimum Gasteiger partial charge on any atom is -0.343 e. The molecule has 106 valence electrons. The molecule has 0 aliphatic rings. The molecule has 2 aromatic rings. The van der Waals surface area contributed by atoms with Gasteiger partial charge in [-0.25, -0.2) is 18.4 Å². The number of hydrogen-bond donors (Lipinski definition) is 1. The van der Waals surface area contributed by atoms with E-state index in [1.165, 1.54) is 10.7 Å². The zero-order valence-electron chi connectivity index (χ0n) is 11.3. The summed E-state index contributed by atoms with van der Waals surface area (Å²) in [5.74, 6) is -1.22. The van der Waals surface area contributed by atoms with Gasteiger partial charge in [-0.05, 0) is 19.9 Å². The van der Waals surface area contributed by atoms with Crippen molar-refractivity contribution in [2.24, 2.45) is 7.05 Å². The summed E-state index contributed by atoms with van der Waals surface area (Å²) in [7, 11) is 1.60. The number of rotatable bonds is 3. The van der Waals surface area contributed by atoms with Gasteiger partial charge in [-0.15, -0.1) is 0 Å². The van der Waals surface area contributed by atoms with Gasteiger partial charge in [-0.1, -0.05) is 6.07 Å². The van der Waals surface area contributed by atoms with E-state index < -0.39 is 23.6 Å². The maximum Gasteiger partial charge on any atom is 0.289 e. The number of nitrogens with zero attached hydrogens (tertiary/aromatic N) is 3. The van der Waals surface area contributed by atoms with Gasteiger partial charge in [-0.2, -0.15) is 5.10 Å². The van der Waals surface area contributed by atoms with Crippen LogP contribution >= 0.6 is 0 Å². The van der Waals surface area contributed by atoms with Gasteiger partial charge in [0, 0.05) is 18.7 Å². The van der Waals surface area contributed by atoms with E-state index in [4.69, 9.17) is 0 Å². The lowest BCUT2D eigenvalue weighted by atomic mass is 10.1. The number of aromatic nitrogens is 3. The highest BCUT2D eigenvalue weighted by atomic mass is 19.1. The van der Waals surface area contributed by atoms with Gasteiger partial charge in [-0.3, -0.25) is 4.79 Å². The van der Waals surface area contributed by atoms with E-state index >= 15 is 0 Å². The minimum atomic E-state index is -0.702. The summed E-state index contributed by atoms with van der Waals surface area (Å²) in [5.41, 5.74) is 0.207. The maximum atomic E-state index is 13.6. The van der Waals surface area contributed by atoms with E-state index in [0.29, 0.717) is 5.82 Å². The van der Waals surface area contributed by atoms with Gasteiger partial charge < -0.3 is 5.32 Å². The third kappa shape index (κ3) is 2.81. The predicted octanol–water partition coefficient (Wildman–Crippen LogP) is 1.89. The molecule has 0 spiro atoms. The lowest BCUT2D eigenvalue weighted by molar-refractivity contribution is 0.0924. The van der Waals surface area contributed by atoms with Crippen LogP contribution in [-0.4, -0.2) is 20.7 Å². The zero-order valence-corrected chi connectivity index (χ0v) is 11.3. The maximum absolute atomic E-state index is 13.6. The molecule has 1 aromatic heterocycles. The number of amides is 1. The summed E-state index contributed by atoms with van der Waals surface area (Å²) in [6, 6.07) is 2.62. The molecule has 1 amide bonds. The van der Waals surface area contributed by atoms with E-state index in [-0.39, 0.29) is 11.4 Å². The van der Waals surface area contributed by atoms with Crippen LogP contribution in [0.15, 0.2) is 18.2 Å². The average Bonchev–Trinajstić information content (AvgIpc) is 2.68. The van der Waals surface area contributed by atoms with Gasteiger partial charge >= 0.3 is 0 Å². The number of carbonyl (C=O) groups excluding carboxylic acids is 1. The van der Waals surface area contributed by atoms with Crippen LogP contribution in [0.2, 0.25) is 0 Å². The second-order valence-corrected chi connectivity index (χ2v) is 4.47. The van der Waals surface area contributed by atoms with E-state index in [1.807, 2.05) is 0 Å². The molecule has 7 heteroatoms. The van der Waals surface area contributed by atoms with Crippen molar-refractivity contribution in [3.05, 3.63) is 47.0 Å². The summed E-state index contributed by atoms with van der Waals surface area (Å²) in [6.07, 6.45) is 0. The molecule has 1 atom stereocenters. The highest BCUT2D eigenvalue weighted by Gasteiger charge is 2.19. The fraction of sp³-hybridized carbons (Fsp3) is 0.308. The van der Waals surface area contributed by atoms with Crippen LogP contribution in [0, 0.1) is 18.6 Å². The molecule has 2 rings (SSSR count). The Morgan fingerprint density at radius 2 is 2.10 bits per heavy atom. The second kappa shape index (κ2) is 5.36. The zero-order chi connectivity index (χ0) is 14.9. The van der Waals surface area contributed by atoms with Crippen LogP contribution in [0.4, 0.5) is 8.78 Å².